The Labute approximate surface area is 204 Å². The number of anilines is 1. The van der Waals surface area contributed by atoms with Crippen molar-refractivity contribution in [2.75, 3.05) is 12.4 Å². The Hall–Kier alpha value is -2.37. The molecule has 1 saturated carbocycles. The Kier molecular flexibility index (Phi) is 6.19. The summed E-state index contributed by atoms with van der Waals surface area (Å²) in [4.78, 5) is 15.8. The number of aryl methyl sites for hydroxylation is 1. The second-order valence-electron chi connectivity index (χ2n) is 9.77. The van der Waals surface area contributed by atoms with Crippen LogP contribution in [0.1, 0.15) is 60.1 Å². The van der Waals surface area contributed by atoms with Gasteiger partial charge in [0.2, 0.25) is 0 Å². The van der Waals surface area contributed by atoms with Gasteiger partial charge in [0.1, 0.15) is 0 Å². The maximum absolute atomic E-state index is 13.3. The Bertz CT molecular complexity index is 1190. The average molecular weight is 506 g/mol. The number of benzene rings is 3. The van der Waals surface area contributed by atoms with Crippen LogP contribution in [0.3, 0.4) is 0 Å². The molecule has 0 aromatic heterocycles. The van der Waals surface area contributed by atoms with E-state index in [1.165, 1.54) is 25.7 Å². The van der Waals surface area contributed by atoms with E-state index in [1.54, 1.807) is 0 Å². The quantitative estimate of drug-likeness (QED) is 0.419. The number of carbonyl (C=O) groups is 1. The van der Waals surface area contributed by atoms with Crippen molar-refractivity contribution in [3.05, 3.63) is 75.8 Å². The molecule has 4 unspecified atom stereocenters. The fraction of sp³-hybridized carbons (Fsp3) is 0.393. The summed E-state index contributed by atoms with van der Waals surface area (Å²) >= 11 is 3.64. The molecule has 3 aliphatic rings. The van der Waals surface area contributed by atoms with Gasteiger partial charge in [0.15, 0.2) is 0 Å². The summed E-state index contributed by atoms with van der Waals surface area (Å²) in [5, 5.41) is 9.27. The molecule has 1 aliphatic carbocycles. The number of fused-ring (bicyclic) bond motifs is 4. The number of hydrogen-bond acceptors (Lipinski definition) is 3. The SMILES string of the molecule is Cc1ccc(NC2CCC3CC(C2)N3C)cc1C(=O)NC(C)c1ccc(Br)c2ccccc12. The van der Waals surface area contributed by atoms with Crippen LogP contribution in [0.25, 0.3) is 10.8 Å². The van der Waals surface area contributed by atoms with E-state index in [2.05, 4.69) is 81.8 Å². The number of nitrogens with zero attached hydrogens (tertiary/aromatic N) is 1. The lowest BCUT2D eigenvalue weighted by molar-refractivity contribution is 0.0486. The molecule has 2 aliphatic heterocycles. The number of amides is 1. The van der Waals surface area contributed by atoms with Crippen molar-refractivity contribution in [1.82, 2.24) is 10.2 Å². The molecule has 2 N–H and O–H groups in total. The van der Waals surface area contributed by atoms with E-state index in [0.717, 1.165) is 43.7 Å². The molecule has 3 fully saturated rings. The Morgan fingerprint density at radius 3 is 2.61 bits per heavy atom. The molecule has 6 rings (SSSR count). The molecule has 33 heavy (non-hydrogen) atoms. The van der Waals surface area contributed by atoms with E-state index in [4.69, 9.17) is 0 Å². The van der Waals surface area contributed by atoms with Gasteiger partial charge in [-0.15, -0.1) is 0 Å². The number of hydrogen-bond donors (Lipinski definition) is 2. The summed E-state index contributed by atoms with van der Waals surface area (Å²) in [6, 6.07) is 20.5. The van der Waals surface area contributed by atoms with Gasteiger partial charge in [-0.05, 0) is 86.7 Å². The average Bonchev–Trinajstić information content (AvgIpc) is 3.12. The first-order valence-corrected chi connectivity index (χ1v) is 12.8. The molecule has 2 bridgehead atoms. The van der Waals surface area contributed by atoms with Crippen molar-refractivity contribution in [1.29, 1.82) is 0 Å². The van der Waals surface area contributed by atoms with Crippen molar-refractivity contribution < 1.29 is 4.79 Å². The van der Waals surface area contributed by atoms with Crippen molar-refractivity contribution in [2.45, 2.75) is 63.7 Å². The molecule has 4 atom stereocenters. The van der Waals surface area contributed by atoms with E-state index in [0.29, 0.717) is 12.1 Å². The summed E-state index contributed by atoms with van der Waals surface area (Å²) in [5.74, 6) is -0.0292. The van der Waals surface area contributed by atoms with Crippen LogP contribution in [0.2, 0.25) is 0 Å². The molecular weight excluding hydrogens is 474 g/mol. The van der Waals surface area contributed by atoms with Gasteiger partial charge in [0.05, 0.1) is 6.04 Å². The van der Waals surface area contributed by atoms with E-state index in [9.17, 15) is 4.79 Å². The monoisotopic (exact) mass is 505 g/mol. The number of halogens is 1. The first kappa shape index (κ1) is 22.4. The highest BCUT2D eigenvalue weighted by Gasteiger charge is 2.39. The van der Waals surface area contributed by atoms with Crippen LogP contribution in [0, 0.1) is 6.92 Å². The first-order chi connectivity index (χ1) is 15.9. The van der Waals surface area contributed by atoms with Crippen molar-refractivity contribution in [3.63, 3.8) is 0 Å². The fourth-order valence-corrected chi connectivity index (χ4v) is 6.05. The Morgan fingerprint density at radius 2 is 1.82 bits per heavy atom. The molecule has 2 saturated heterocycles. The van der Waals surface area contributed by atoms with Crippen LogP contribution in [-0.4, -0.2) is 36.0 Å². The van der Waals surface area contributed by atoms with Crippen LogP contribution < -0.4 is 10.6 Å². The Morgan fingerprint density at radius 1 is 1.03 bits per heavy atom. The van der Waals surface area contributed by atoms with Gasteiger partial charge in [-0.3, -0.25) is 4.79 Å². The molecular formula is C28H32BrN3O. The first-order valence-electron chi connectivity index (χ1n) is 12.0. The molecule has 172 valence electrons. The molecule has 0 radical (unpaired) electrons. The maximum atomic E-state index is 13.3. The largest absolute Gasteiger partial charge is 0.382 e. The summed E-state index contributed by atoms with van der Waals surface area (Å²) in [6.07, 6.45) is 4.95. The standard InChI is InChI=1S/C28H32BrN3O/c1-17-8-9-20(31-19-10-11-21-16-22(14-19)32(21)3)15-26(17)28(33)30-18(2)23-12-13-27(29)25-7-5-4-6-24(23)25/h4-9,12-13,15,18-19,21-22,31H,10-11,14,16H2,1-3H3,(H,30,33). The third-order valence-corrected chi connectivity index (χ3v) is 8.36. The van der Waals surface area contributed by atoms with Gasteiger partial charge in [-0.1, -0.05) is 52.3 Å². The molecule has 0 spiro atoms. The molecule has 2 heterocycles. The normalized spacial score (nSPS) is 23.5. The van der Waals surface area contributed by atoms with Crippen molar-refractivity contribution >= 4 is 38.3 Å². The third kappa shape index (κ3) is 4.41. The number of carbonyl (C=O) groups excluding carboxylic acids is 1. The van der Waals surface area contributed by atoms with Gasteiger partial charge >= 0.3 is 0 Å². The molecule has 1 amide bonds. The minimum atomic E-state index is -0.101. The van der Waals surface area contributed by atoms with E-state index < -0.39 is 0 Å². The minimum absolute atomic E-state index is 0.0292. The van der Waals surface area contributed by atoms with E-state index >= 15 is 0 Å². The highest BCUT2D eigenvalue weighted by atomic mass is 79.9. The Balaban J connectivity index is 1.32. The minimum Gasteiger partial charge on any atom is -0.382 e. The second kappa shape index (κ2) is 9.11. The van der Waals surface area contributed by atoms with Crippen LogP contribution >= 0.6 is 15.9 Å². The highest BCUT2D eigenvalue weighted by Crippen LogP contribution is 2.36. The highest BCUT2D eigenvalue weighted by molar-refractivity contribution is 9.10. The molecule has 3 aromatic carbocycles. The summed E-state index contributed by atoms with van der Waals surface area (Å²) < 4.78 is 1.07. The topological polar surface area (TPSA) is 44.4 Å². The van der Waals surface area contributed by atoms with Crippen molar-refractivity contribution in [3.8, 4) is 0 Å². The lowest BCUT2D eigenvalue weighted by atomic mass is 9.92. The lowest BCUT2D eigenvalue weighted by Crippen LogP contribution is -2.52. The van der Waals surface area contributed by atoms with E-state index in [1.807, 2.05) is 25.1 Å². The third-order valence-electron chi connectivity index (χ3n) is 7.67. The summed E-state index contributed by atoms with van der Waals surface area (Å²) in [7, 11) is 2.26. The molecule has 5 heteroatoms. The summed E-state index contributed by atoms with van der Waals surface area (Å²) in [5.41, 5.74) is 3.90. The van der Waals surface area contributed by atoms with Gasteiger partial charge in [-0.2, -0.15) is 0 Å². The molecule has 4 nitrogen and oxygen atoms in total. The van der Waals surface area contributed by atoms with Crippen molar-refractivity contribution in [2.24, 2.45) is 0 Å². The van der Waals surface area contributed by atoms with Crippen LogP contribution in [-0.2, 0) is 0 Å². The fourth-order valence-electron chi connectivity index (χ4n) is 5.57. The maximum Gasteiger partial charge on any atom is 0.252 e. The predicted octanol–water partition coefficient (Wildman–Crippen LogP) is 6.44. The zero-order chi connectivity index (χ0) is 23.1. The molecule has 3 aromatic rings. The van der Waals surface area contributed by atoms with Crippen LogP contribution in [0.5, 0.6) is 0 Å². The number of nitrogens with one attached hydrogen (secondary N) is 2. The number of rotatable bonds is 5. The second-order valence-corrected chi connectivity index (χ2v) is 10.6. The smallest absolute Gasteiger partial charge is 0.252 e. The van der Waals surface area contributed by atoms with Gasteiger partial charge in [0, 0.05) is 33.8 Å². The van der Waals surface area contributed by atoms with Crippen LogP contribution in [0.4, 0.5) is 5.69 Å². The van der Waals surface area contributed by atoms with Crippen LogP contribution in [0.15, 0.2) is 59.1 Å². The van der Waals surface area contributed by atoms with Gasteiger partial charge in [-0.25, -0.2) is 0 Å². The van der Waals surface area contributed by atoms with Gasteiger partial charge < -0.3 is 15.5 Å². The summed E-state index contributed by atoms with van der Waals surface area (Å²) in [6.45, 7) is 4.06. The van der Waals surface area contributed by atoms with E-state index in [-0.39, 0.29) is 11.9 Å². The predicted molar refractivity (Wildman–Crippen MR) is 140 cm³/mol. The zero-order valence-electron chi connectivity index (χ0n) is 19.6. The zero-order valence-corrected chi connectivity index (χ0v) is 21.2. The lowest BCUT2D eigenvalue weighted by Gasteiger charge is -2.44. The van der Waals surface area contributed by atoms with Gasteiger partial charge in [0.25, 0.3) is 5.91 Å².